The van der Waals surface area contributed by atoms with Crippen LogP contribution >= 0.6 is 0 Å². The van der Waals surface area contributed by atoms with Gasteiger partial charge in [0.15, 0.2) is 0 Å². The molecule has 27 heavy (non-hydrogen) atoms. The molecule has 0 aromatic carbocycles. The van der Waals surface area contributed by atoms with Crippen molar-refractivity contribution in [1.29, 1.82) is 0 Å². The van der Waals surface area contributed by atoms with Gasteiger partial charge in [-0.2, -0.15) is 0 Å². The number of rotatable bonds is 3. The Morgan fingerprint density at radius 2 is 1.07 bits per heavy atom. The van der Waals surface area contributed by atoms with Crippen LogP contribution in [0.1, 0.15) is 62.3 Å². The van der Waals surface area contributed by atoms with E-state index in [2.05, 4.69) is 21.2 Å². The zero-order chi connectivity index (χ0) is 21.5. The molecule has 0 rings (SSSR count). The van der Waals surface area contributed by atoms with Crippen LogP contribution in [0.5, 0.6) is 0 Å². The molecule has 0 aliphatic carbocycles. The van der Waals surface area contributed by atoms with E-state index in [1.807, 2.05) is 0 Å². The number of guanidine groups is 1. The summed E-state index contributed by atoms with van der Waals surface area (Å²) in [7, 11) is 0. The Morgan fingerprint density at radius 1 is 0.704 bits per heavy atom. The van der Waals surface area contributed by atoms with Crippen LogP contribution in [0, 0.1) is 0 Å². The second-order valence-corrected chi connectivity index (χ2v) is 8.64. The summed E-state index contributed by atoms with van der Waals surface area (Å²) in [6.07, 6.45) is -1.67. The monoisotopic (exact) mass is 388 g/mol. The van der Waals surface area contributed by atoms with E-state index < -0.39 is 35.0 Å². The van der Waals surface area contributed by atoms with Crippen LogP contribution in [0.3, 0.4) is 0 Å². The van der Waals surface area contributed by atoms with Gasteiger partial charge in [0.2, 0.25) is 5.96 Å². The van der Waals surface area contributed by atoms with Crippen LogP contribution in [0.4, 0.5) is 9.59 Å². The second-order valence-electron chi connectivity index (χ2n) is 8.64. The Morgan fingerprint density at radius 3 is 1.41 bits per heavy atom. The van der Waals surface area contributed by atoms with Crippen LogP contribution in [0.2, 0.25) is 0 Å². The first-order valence-electron chi connectivity index (χ1n) is 8.49. The van der Waals surface area contributed by atoms with Gasteiger partial charge in [-0.3, -0.25) is 20.9 Å². The van der Waals surface area contributed by atoms with Crippen molar-refractivity contribution < 1.29 is 28.6 Å². The van der Waals surface area contributed by atoms with Crippen LogP contribution < -0.4 is 16.1 Å². The average Bonchev–Trinajstić information content (AvgIpc) is 2.30. The zero-order valence-corrected chi connectivity index (χ0v) is 17.6. The van der Waals surface area contributed by atoms with Gasteiger partial charge in [-0.25, -0.2) is 9.59 Å². The van der Waals surface area contributed by atoms with Crippen molar-refractivity contribution in [2.45, 2.75) is 79.1 Å². The SMILES string of the molecule is CC(C)(C)OC(=O)CNN=C(NC(=O)OC(C)(C)C)NC(=O)OC(C)(C)C. The summed E-state index contributed by atoms with van der Waals surface area (Å²) in [6.45, 7) is 15.0. The van der Waals surface area contributed by atoms with Gasteiger partial charge < -0.3 is 14.2 Å². The topological polar surface area (TPSA) is 127 Å². The second kappa shape index (κ2) is 9.43. The van der Waals surface area contributed by atoms with Gasteiger partial charge in [-0.1, -0.05) is 0 Å². The lowest BCUT2D eigenvalue weighted by Gasteiger charge is -2.22. The molecule has 0 bridgehead atoms. The number of carbonyl (C=O) groups excluding carboxylic acids is 3. The number of carbonyl (C=O) groups is 3. The van der Waals surface area contributed by atoms with E-state index in [0.717, 1.165) is 0 Å². The lowest BCUT2D eigenvalue weighted by molar-refractivity contribution is -0.153. The minimum Gasteiger partial charge on any atom is -0.459 e. The molecule has 0 aromatic heterocycles. The van der Waals surface area contributed by atoms with E-state index in [4.69, 9.17) is 14.2 Å². The van der Waals surface area contributed by atoms with E-state index in [0.29, 0.717) is 0 Å². The van der Waals surface area contributed by atoms with E-state index in [-0.39, 0.29) is 12.5 Å². The number of alkyl carbamates (subject to hydrolysis) is 2. The van der Waals surface area contributed by atoms with Crippen molar-refractivity contribution in [3.05, 3.63) is 0 Å². The van der Waals surface area contributed by atoms with Crippen molar-refractivity contribution in [1.82, 2.24) is 16.1 Å². The first-order valence-corrected chi connectivity index (χ1v) is 8.49. The first kappa shape index (κ1) is 24.5. The van der Waals surface area contributed by atoms with Crippen LogP contribution in [0.15, 0.2) is 5.10 Å². The third-order valence-electron chi connectivity index (χ3n) is 2.07. The number of nitrogens with zero attached hydrogens (tertiary/aromatic N) is 1. The molecular weight excluding hydrogens is 356 g/mol. The molecular formula is C17H32N4O6. The molecule has 0 spiro atoms. The molecule has 2 amide bonds. The third-order valence-corrected chi connectivity index (χ3v) is 2.07. The number of nitrogens with one attached hydrogen (secondary N) is 3. The summed E-state index contributed by atoms with van der Waals surface area (Å²) in [5.74, 6) is -0.845. The fourth-order valence-corrected chi connectivity index (χ4v) is 1.45. The minimum atomic E-state index is -0.837. The fourth-order valence-electron chi connectivity index (χ4n) is 1.45. The highest BCUT2D eigenvalue weighted by Gasteiger charge is 2.21. The number of hydrogen-bond acceptors (Lipinski definition) is 8. The molecule has 10 heteroatoms. The summed E-state index contributed by atoms with van der Waals surface area (Å²) in [5.41, 5.74) is 0.283. The lowest BCUT2D eigenvalue weighted by atomic mass is 10.2. The minimum absolute atomic E-state index is 0.271. The molecule has 0 fully saturated rings. The summed E-state index contributed by atoms with van der Waals surface area (Å²) in [6, 6.07) is 0. The third kappa shape index (κ3) is 15.5. The lowest BCUT2D eigenvalue weighted by Crippen LogP contribution is -2.48. The highest BCUT2D eigenvalue weighted by Crippen LogP contribution is 2.08. The quantitative estimate of drug-likeness (QED) is 0.222. The van der Waals surface area contributed by atoms with E-state index in [1.54, 1.807) is 62.3 Å². The van der Waals surface area contributed by atoms with Crippen molar-refractivity contribution in [3.8, 4) is 0 Å². The maximum absolute atomic E-state index is 11.9. The van der Waals surface area contributed by atoms with Gasteiger partial charge in [0, 0.05) is 0 Å². The van der Waals surface area contributed by atoms with Crippen LogP contribution in [-0.2, 0) is 19.0 Å². The van der Waals surface area contributed by atoms with Crippen molar-refractivity contribution in [3.63, 3.8) is 0 Å². The van der Waals surface area contributed by atoms with Crippen LogP contribution in [-0.4, -0.2) is 47.5 Å². The largest absolute Gasteiger partial charge is 0.459 e. The number of ether oxygens (including phenoxy) is 3. The maximum Gasteiger partial charge on any atom is 0.414 e. The van der Waals surface area contributed by atoms with Crippen LogP contribution in [0.25, 0.3) is 0 Å². The molecule has 10 nitrogen and oxygen atoms in total. The molecule has 0 unspecified atom stereocenters. The molecule has 0 aliphatic rings. The maximum atomic E-state index is 11.9. The number of esters is 1. The Balaban J connectivity index is 4.97. The molecule has 0 saturated heterocycles. The van der Waals surface area contributed by atoms with Crippen molar-refractivity contribution in [2.24, 2.45) is 5.10 Å². The fraction of sp³-hybridized carbons (Fsp3) is 0.765. The smallest absolute Gasteiger partial charge is 0.414 e. The van der Waals surface area contributed by atoms with Crippen molar-refractivity contribution in [2.75, 3.05) is 6.54 Å². The summed E-state index contributed by atoms with van der Waals surface area (Å²) < 4.78 is 15.3. The Labute approximate surface area is 160 Å². The standard InChI is InChI=1S/C17H32N4O6/c1-15(2,3)25-11(22)10-18-21-12(19-13(23)26-16(4,5)6)20-14(24)27-17(7,8)9/h18H,10H2,1-9H3,(H2,19,20,21,23,24). The molecule has 0 aliphatic heterocycles. The Bertz CT molecular complexity index is 535. The molecule has 0 heterocycles. The van der Waals surface area contributed by atoms with Gasteiger partial charge in [0.1, 0.15) is 23.3 Å². The van der Waals surface area contributed by atoms with Crippen molar-refractivity contribution >= 4 is 24.1 Å². The van der Waals surface area contributed by atoms with Gasteiger partial charge in [-0.05, 0) is 62.3 Å². The normalized spacial score (nSPS) is 11.7. The average molecular weight is 388 g/mol. The predicted molar refractivity (Wildman–Crippen MR) is 100 cm³/mol. The molecule has 0 aromatic rings. The first-order chi connectivity index (χ1) is 12.0. The van der Waals surface area contributed by atoms with E-state index in [9.17, 15) is 14.4 Å². The van der Waals surface area contributed by atoms with Gasteiger partial charge in [-0.15, -0.1) is 5.10 Å². The summed E-state index contributed by atoms with van der Waals surface area (Å²) >= 11 is 0. The number of hydrogen-bond donors (Lipinski definition) is 3. The number of hydrazone groups is 1. The Kier molecular flexibility index (Phi) is 8.55. The molecule has 0 atom stereocenters. The summed E-state index contributed by atoms with van der Waals surface area (Å²) in [5, 5.41) is 8.32. The predicted octanol–water partition coefficient (Wildman–Crippen LogP) is 2.24. The molecule has 0 saturated carbocycles. The van der Waals surface area contributed by atoms with Gasteiger partial charge in [0.25, 0.3) is 0 Å². The Hall–Kier alpha value is -2.52. The summed E-state index contributed by atoms with van der Waals surface area (Å²) in [4.78, 5) is 35.5. The molecule has 156 valence electrons. The zero-order valence-electron chi connectivity index (χ0n) is 17.6. The highest BCUT2D eigenvalue weighted by atomic mass is 16.6. The number of amides is 2. The van der Waals surface area contributed by atoms with E-state index >= 15 is 0 Å². The highest BCUT2D eigenvalue weighted by molar-refractivity contribution is 6.01. The molecule has 3 N–H and O–H groups in total. The van der Waals surface area contributed by atoms with Gasteiger partial charge in [0.05, 0.1) is 0 Å². The van der Waals surface area contributed by atoms with E-state index in [1.165, 1.54) is 0 Å². The molecule has 0 radical (unpaired) electrons. The van der Waals surface area contributed by atoms with Gasteiger partial charge >= 0.3 is 18.2 Å².